The summed E-state index contributed by atoms with van der Waals surface area (Å²) in [5.41, 5.74) is 0.410. The lowest BCUT2D eigenvalue weighted by atomic mass is 9.97. The van der Waals surface area contributed by atoms with Gasteiger partial charge in [-0.05, 0) is 30.2 Å². The van der Waals surface area contributed by atoms with Crippen molar-refractivity contribution < 1.29 is 4.79 Å². The summed E-state index contributed by atoms with van der Waals surface area (Å²) in [6, 6.07) is 1.64. The Balaban J connectivity index is 1.50. The van der Waals surface area contributed by atoms with Crippen LogP contribution in [0.25, 0.3) is 5.82 Å². The minimum atomic E-state index is -0.0983. The SMILES string of the molecule is Cc1nc(C2CCCN(C(=O)c3cc(-n4cnnn4)n[nH]3)C2)n[nH]1. The van der Waals surface area contributed by atoms with Crippen molar-refractivity contribution in [2.75, 3.05) is 13.1 Å². The molecule has 0 saturated carbocycles. The molecule has 0 aliphatic carbocycles. The molecular weight excluding hydrogens is 312 g/mol. The largest absolute Gasteiger partial charge is 0.337 e. The summed E-state index contributed by atoms with van der Waals surface area (Å²) in [4.78, 5) is 18.9. The van der Waals surface area contributed by atoms with Crippen LogP contribution < -0.4 is 0 Å². The van der Waals surface area contributed by atoms with Crippen molar-refractivity contribution in [2.45, 2.75) is 25.7 Å². The molecule has 11 nitrogen and oxygen atoms in total. The lowest BCUT2D eigenvalue weighted by Crippen LogP contribution is -2.39. The van der Waals surface area contributed by atoms with E-state index in [1.54, 1.807) is 11.0 Å². The molecule has 3 aromatic rings. The first-order valence-corrected chi connectivity index (χ1v) is 7.67. The number of amides is 1. The summed E-state index contributed by atoms with van der Waals surface area (Å²) >= 11 is 0. The van der Waals surface area contributed by atoms with E-state index in [1.807, 2.05) is 6.92 Å². The van der Waals surface area contributed by atoms with Crippen molar-refractivity contribution in [3.8, 4) is 5.82 Å². The first-order valence-electron chi connectivity index (χ1n) is 7.67. The Hall–Kier alpha value is -3.11. The molecule has 0 spiro atoms. The minimum absolute atomic E-state index is 0.0983. The van der Waals surface area contributed by atoms with Gasteiger partial charge in [0.15, 0.2) is 11.6 Å². The number of aryl methyl sites for hydroxylation is 1. The number of carbonyl (C=O) groups is 1. The first-order chi connectivity index (χ1) is 11.7. The van der Waals surface area contributed by atoms with Gasteiger partial charge in [-0.15, -0.1) is 5.10 Å². The van der Waals surface area contributed by atoms with E-state index in [0.717, 1.165) is 24.5 Å². The normalized spacial score (nSPS) is 18.0. The fraction of sp³-hybridized carbons (Fsp3) is 0.462. The first kappa shape index (κ1) is 14.5. The van der Waals surface area contributed by atoms with Crippen LogP contribution in [0.15, 0.2) is 12.4 Å². The second-order valence-corrected chi connectivity index (χ2v) is 5.76. The predicted octanol–water partition coefficient (Wildman–Crippen LogP) is -0.168. The predicted molar refractivity (Wildman–Crippen MR) is 80.3 cm³/mol. The summed E-state index contributed by atoms with van der Waals surface area (Å²) in [5, 5.41) is 24.8. The van der Waals surface area contributed by atoms with Crippen molar-refractivity contribution in [1.29, 1.82) is 0 Å². The van der Waals surface area contributed by atoms with Crippen LogP contribution >= 0.6 is 0 Å². The lowest BCUT2D eigenvalue weighted by Gasteiger charge is -2.31. The molecule has 1 unspecified atom stereocenters. The van der Waals surface area contributed by atoms with Crippen LogP contribution in [0, 0.1) is 6.92 Å². The van der Waals surface area contributed by atoms with Crippen LogP contribution in [0.5, 0.6) is 0 Å². The number of hydrogen-bond donors (Lipinski definition) is 2. The average molecular weight is 328 g/mol. The lowest BCUT2D eigenvalue weighted by molar-refractivity contribution is 0.0698. The van der Waals surface area contributed by atoms with E-state index in [4.69, 9.17) is 0 Å². The van der Waals surface area contributed by atoms with Crippen LogP contribution in [0.3, 0.4) is 0 Å². The summed E-state index contributed by atoms with van der Waals surface area (Å²) in [6.07, 6.45) is 3.31. The van der Waals surface area contributed by atoms with E-state index in [2.05, 4.69) is 40.9 Å². The number of hydrogen-bond acceptors (Lipinski definition) is 7. The summed E-state index contributed by atoms with van der Waals surface area (Å²) in [7, 11) is 0. The quantitative estimate of drug-likeness (QED) is 0.681. The van der Waals surface area contributed by atoms with Crippen molar-refractivity contribution in [1.82, 2.24) is 50.5 Å². The molecule has 124 valence electrons. The van der Waals surface area contributed by atoms with E-state index >= 15 is 0 Å². The molecule has 1 amide bonds. The summed E-state index contributed by atoms with van der Waals surface area (Å²) in [6.45, 7) is 3.17. The highest BCUT2D eigenvalue weighted by Crippen LogP contribution is 2.25. The Kier molecular flexibility index (Phi) is 3.52. The fourth-order valence-electron chi connectivity index (χ4n) is 2.89. The van der Waals surface area contributed by atoms with E-state index in [-0.39, 0.29) is 11.8 Å². The summed E-state index contributed by atoms with van der Waals surface area (Å²) in [5.74, 6) is 2.08. The van der Waals surface area contributed by atoms with Gasteiger partial charge < -0.3 is 4.90 Å². The molecule has 1 aliphatic rings. The Morgan fingerprint density at radius 2 is 2.25 bits per heavy atom. The average Bonchev–Trinajstić information content (AvgIpc) is 3.34. The molecule has 1 atom stereocenters. The molecule has 1 saturated heterocycles. The van der Waals surface area contributed by atoms with Crippen LogP contribution in [-0.2, 0) is 0 Å². The molecule has 4 heterocycles. The molecular formula is C13H16N10O. The van der Waals surface area contributed by atoms with E-state index in [1.165, 1.54) is 11.0 Å². The van der Waals surface area contributed by atoms with Gasteiger partial charge in [0.25, 0.3) is 5.91 Å². The smallest absolute Gasteiger partial charge is 0.271 e. The highest BCUT2D eigenvalue weighted by Gasteiger charge is 2.28. The van der Waals surface area contributed by atoms with Gasteiger partial charge in [-0.1, -0.05) is 0 Å². The number of aromatic nitrogens is 9. The molecule has 2 N–H and O–H groups in total. The second-order valence-electron chi connectivity index (χ2n) is 5.76. The third-order valence-electron chi connectivity index (χ3n) is 4.07. The Morgan fingerprint density at radius 1 is 1.33 bits per heavy atom. The van der Waals surface area contributed by atoms with Gasteiger partial charge in [0.2, 0.25) is 0 Å². The number of nitrogens with zero attached hydrogens (tertiary/aromatic N) is 8. The van der Waals surface area contributed by atoms with Gasteiger partial charge in [0.05, 0.1) is 0 Å². The van der Waals surface area contributed by atoms with Crippen molar-refractivity contribution in [3.63, 3.8) is 0 Å². The molecule has 0 aromatic carbocycles. The number of aromatic amines is 2. The molecule has 24 heavy (non-hydrogen) atoms. The van der Waals surface area contributed by atoms with E-state index < -0.39 is 0 Å². The monoisotopic (exact) mass is 328 g/mol. The number of likely N-dealkylation sites (tertiary alicyclic amines) is 1. The van der Waals surface area contributed by atoms with Gasteiger partial charge >= 0.3 is 0 Å². The molecule has 4 rings (SSSR count). The zero-order chi connectivity index (χ0) is 16.5. The zero-order valence-corrected chi connectivity index (χ0v) is 13.0. The van der Waals surface area contributed by atoms with Crippen molar-refractivity contribution in [3.05, 3.63) is 29.7 Å². The molecule has 3 aromatic heterocycles. The van der Waals surface area contributed by atoms with Gasteiger partial charge in [-0.2, -0.15) is 14.9 Å². The third kappa shape index (κ3) is 2.64. The maximum atomic E-state index is 12.7. The zero-order valence-electron chi connectivity index (χ0n) is 13.0. The number of carbonyl (C=O) groups excluding carboxylic acids is 1. The molecule has 1 aliphatic heterocycles. The standard InChI is InChI=1S/C13H16N10O/c1-8-15-12(19-16-8)9-3-2-4-22(6-9)13(24)10-5-11(18-17-10)23-7-14-20-21-23/h5,7,9H,2-4,6H2,1H3,(H,17,18)(H,15,16,19). The Morgan fingerprint density at radius 3 is 3.00 bits per heavy atom. The summed E-state index contributed by atoms with van der Waals surface area (Å²) < 4.78 is 1.39. The van der Waals surface area contributed by atoms with Gasteiger partial charge in [-0.25, -0.2) is 4.98 Å². The molecule has 0 bridgehead atoms. The number of tetrazole rings is 1. The van der Waals surface area contributed by atoms with Crippen molar-refractivity contribution >= 4 is 5.91 Å². The molecule has 1 fully saturated rings. The van der Waals surface area contributed by atoms with Crippen LogP contribution in [0.4, 0.5) is 0 Å². The Labute approximate surface area is 136 Å². The maximum absolute atomic E-state index is 12.7. The number of nitrogens with one attached hydrogen (secondary N) is 2. The minimum Gasteiger partial charge on any atom is -0.337 e. The highest BCUT2D eigenvalue weighted by atomic mass is 16.2. The number of H-pyrrole nitrogens is 2. The van der Waals surface area contributed by atoms with Crippen LogP contribution in [-0.4, -0.2) is 69.5 Å². The second kappa shape index (κ2) is 5.83. The van der Waals surface area contributed by atoms with Crippen LogP contribution in [0.2, 0.25) is 0 Å². The van der Waals surface area contributed by atoms with Gasteiger partial charge in [0, 0.05) is 25.1 Å². The Bertz CT molecular complexity index is 835. The number of piperidine rings is 1. The topological polar surface area (TPSA) is 134 Å². The third-order valence-corrected chi connectivity index (χ3v) is 4.07. The number of rotatable bonds is 3. The van der Waals surface area contributed by atoms with E-state index in [0.29, 0.717) is 24.6 Å². The molecule has 0 radical (unpaired) electrons. The van der Waals surface area contributed by atoms with Crippen LogP contribution in [0.1, 0.15) is 40.9 Å². The van der Waals surface area contributed by atoms with Crippen molar-refractivity contribution in [2.24, 2.45) is 0 Å². The van der Waals surface area contributed by atoms with E-state index in [9.17, 15) is 4.79 Å². The maximum Gasteiger partial charge on any atom is 0.271 e. The van der Waals surface area contributed by atoms with Gasteiger partial charge in [0.1, 0.15) is 17.8 Å². The van der Waals surface area contributed by atoms with Gasteiger partial charge in [-0.3, -0.25) is 15.0 Å². The fourth-order valence-corrected chi connectivity index (χ4v) is 2.89. The molecule has 11 heteroatoms. The highest BCUT2D eigenvalue weighted by molar-refractivity contribution is 5.92.